The molecule has 1 amide bonds. The molecule has 2 heterocycles. The molecule has 1 aliphatic heterocycles. The van der Waals surface area contributed by atoms with Gasteiger partial charge in [0.1, 0.15) is 24.5 Å². The first kappa shape index (κ1) is 15.9. The topological polar surface area (TPSA) is 99.9 Å². The predicted molar refractivity (Wildman–Crippen MR) is 82.3 cm³/mol. The molecule has 126 valence electrons. The van der Waals surface area contributed by atoms with Gasteiger partial charge in [-0.15, -0.1) is 0 Å². The fourth-order valence-electron chi connectivity index (χ4n) is 2.30. The van der Waals surface area contributed by atoms with Crippen molar-refractivity contribution in [3.05, 3.63) is 35.2 Å². The van der Waals surface area contributed by atoms with E-state index in [1.165, 1.54) is 0 Å². The SMILES string of the molecule is Cc1noc(C)c1C(=O)OCC(=O)Nc1ccc2c(c1)OCCO2. The van der Waals surface area contributed by atoms with Crippen molar-refractivity contribution in [2.75, 3.05) is 25.1 Å². The molecule has 1 aromatic heterocycles. The number of nitrogens with zero attached hydrogens (tertiary/aromatic N) is 1. The Morgan fingerprint density at radius 3 is 2.67 bits per heavy atom. The van der Waals surface area contributed by atoms with E-state index in [0.29, 0.717) is 41.9 Å². The summed E-state index contributed by atoms with van der Waals surface area (Å²) in [6, 6.07) is 5.05. The van der Waals surface area contributed by atoms with Crippen LogP contribution in [0.25, 0.3) is 0 Å². The number of amides is 1. The summed E-state index contributed by atoms with van der Waals surface area (Å²) in [6.07, 6.45) is 0. The molecule has 0 fully saturated rings. The van der Waals surface area contributed by atoms with Crippen LogP contribution < -0.4 is 14.8 Å². The molecule has 0 bridgehead atoms. The van der Waals surface area contributed by atoms with Crippen molar-refractivity contribution in [2.24, 2.45) is 0 Å². The Bertz CT molecular complexity index is 763. The fourth-order valence-corrected chi connectivity index (χ4v) is 2.30. The lowest BCUT2D eigenvalue weighted by atomic mass is 10.2. The minimum absolute atomic E-state index is 0.238. The van der Waals surface area contributed by atoms with Crippen LogP contribution in [0.3, 0.4) is 0 Å². The molecule has 8 heteroatoms. The van der Waals surface area contributed by atoms with E-state index in [0.717, 1.165) is 0 Å². The summed E-state index contributed by atoms with van der Waals surface area (Å²) in [4.78, 5) is 23.9. The lowest BCUT2D eigenvalue weighted by Gasteiger charge is -2.19. The number of hydrogen-bond acceptors (Lipinski definition) is 7. The number of ether oxygens (including phenoxy) is 3. The average molecular weight is 332 g/mol. The first-order chi connectivity index (χ1) is 11.5. The van der Waals surface area contributed by atoms with Crippen LogP contribution in [0.5, 0.6) is 11.5 Å². The molecule has 0 saturated carbocycles. The number of carbonyl (C=O) groups is 2. The van der Waals surface area contributed by atoms with Crippen molar-refractivity contribution in [2.45, 2.75) is 13.8 Å². The second kappa shape index (κ2) is 6.61. The molecule has 1 N–H and O–H groups in total. The number of aromatic nitrogens is 1. The molecule has 3 rings (SSSR count). The van der Waals surface area contributed by atoms with E-state index in [2.05, 4.69) is 10.5 Å². The third-order valence-corrected chi connectivity index (χ3v) is 3.40. The number of anilines is 1. The van der Waals surface area contributed by atoms with Crippen molar-refractivity contribution < 1.29 is 28.3 Å². The second-order valence-electron chi connectivity index (χ2n) is 5.18. The van der Waals surface area contributed by atoms with E-state index >= 15 is 0 Å². The van der Waals surface area contributed by atoms with Gasteiger partial charge >= 0.3 is 5.97 Å². The number of fused-ring (bicyclic) bond motifs is 1. The summed E-state index contributed by atoms with van der Waals surface area (Å²) in [7, 11) is 0. The number of nitrogens with one attached hydrogen (secondary N) is 1. The van der Waals surface area contributed by atoms with E-state index in [1.807, 2.05) is 0 Å². The Morgan fingerprint density at radius 1 is 1.21 bits per heavy atom. The lowest BCUT2D eigenvalue weighted by molar-refractivity contribution is -0.119. The van der Waals surface area contributed by atoms with Crippen LogP contribution in [0.4, 0.5) is 5.69 Å². The smallest absolute Gasteiger partial charge is 0.344 e. The number of benzene rings is 1. The van der Waals surface area contributed by atoms with E-state index in [-0.39, 0.29) is 5.56 Å². The van der Waals surface area contributed by atoms with Crippen LogP contribution in [-0.4, -0.2) is 36.9 Å². The molecule has 0 aliphatic carbocycles. The van der Waals surface area contributed by atoms with Gasteiger partial charge in [0.2, 0.25) is 0 Å². The maximum atomic E-state index is 12.0. The fraction of sp³-hybridized carbons (Fsp3) is 0.312. The zero-order valence-electron chi connectivity index (χ0n) is 13.3. The standard InChI is InChI=1S/C16H16N2O6/c1-9-15(10(2)24-18-9)16(20)23-8-14(19)17-11-3-4-12-13(7-11)22-6-5-21-12/h3-4,7H,5-6,8H2,1-2H3,(H,17,19). The highest BCUT2D eigenvalue weighted by Crippen LogP contribution is 2.32. The van der Waals surface area contributed by atoms with Gasteiger partial charge in [0, 0.05) is 11.8 Å². The number of esters is 1. The molecule has 24 heavy (non-hydrogen) atoms. The van der Waals surface area contributed by atoms with E-state index in [1.54, 1.807) is 32.0 Å². The van der Waals surface area contributed by atoms with Crippen LogP contribution in [0.15, 0.2) is 22.7 Å². The van der Waals surface area contributed by atoms with Crippen LogP contribution in [0, 0.1) is 13.8 Å². The Kier molecular flexibility index (Phi) is 4.37. The molecular weight excluding hydrogens is 316 g/mol. The van der Waals surface area contributed by atoms with Gasteiger partial charge in [-0.2, -0.15) is 0 Å². The number of hydrogen-bond donors (Lipinski definition) is 1. The number of aryl methyl sites for hydroxylation is 2. The molecule has 0 radical (unpaired) electrons. The molecule has 8 nitrogen and oxygen atoms in total. The molecule has 2 aromatic rings. The highest BCUT2D eigenvalue weighted by Gasteiger charge is 2.20. The second-order valence-corrected chi connectivity index (χ2v) is 5.18. The molecule has 1 aromatic carbocycles. The van der Waals surface area contributed by atoms with Crippen LogP contribution >= 0.6 is 0 Å². The Labute approximate surface area is 137 Å². The first-order valence-electron chi connectivity index (χ1n) is 7.34. The summed E-state index contributed by atoms with van der Waals surface area (Å²) >= 11 is 0. The van der Waals surface area contributed by atoms with Gasteiger partial charge in [0.25, 0.3) is 5.91 Å². The van der Waals surface area contributed by atoms with Crippen molar-refractivity contribution >= 4 is 17.6 Å². The van der Waals surface area contributed by atoms with Crippen LogP contribution in [0.1, 0.15) is 21.8 Å². The third-order valence-electron chi connectivity index (χ3n) is 3.40. The maximum absolute atomic E-state index is 12.0. The molecule has 0 unspecified atom stereocenters. The minimum Gasteiger partial charge on any atom is -0.486 e. The average Bonchev–Trinajstić information content (AvgIpc) is 2.91. The summed E-state index contributed by atoms with van der Waals surface area (Å²) in [5.41, 5.74) is 1.18. The van der Waals surface area contributed by atoms with Gasteiger partial charge in [-0.05, 0) is 26.0 Å². The third kappa shape index (κ3) is 3.32. The van der Waals surface area contributed by atoms with Gasteiger partial charge in [-0.3, -0.25) is 4.79 Å². The van der Waals surface area contributed by atoms with Crippen molar-refractivity contribution in [1.82, 2.24) is 5.16 Å². The van der Waals surface area contributed by atoms with Crippen LogP contribution in [0.2, 0.25) is 0 Å². The molecule has 1 aliphatic rings. The lowest BCUT2D eigenvalue weighted by Crippen LogP contribution is -2.21. The van der Waals surface area contributed by atoms with Crippen LogP contribution in [-0.2, 0) is 9.53 Å². The summed E-state index contributed by atoms with van der Waals surface area (Å²) in [5.74, 6) is 0.427. The predicted octanol–water partition coefficient (Wildman–Crippen LogP) is 1.86. The zero-order valence-corrected chi connectivity index (χ0v) is 13.3. The largest absolute Gasteiger partial charge is 0.486 e. The maximum Gasteiger partial charge on any atom is 0.344 e. The monoisotopic (exact) mass is 332 g/mol. The quantitative estimate of drug-likeness (QED) is 0.853. The highest BCUT2D eigenvalue weighted by atomic mass is 16.6. The Morgan fingerprint density at radius 2 is 1.96 bits per heavy atom. The number of rotatable bonds is 4. The van der Waals surface area contributed by atoms with E-state index in [4.69, 9.17) is 18.7 Å². The van der Waals surface area contributed by atoms with Gasteiger partial charge in [-0.25, -0.2) is 4.79 Å². The van der Waals surface area contributed by atoms with Crippen molar-refractivity contribution in [3.8, 4) is 11.5 Å². The van der Waals surface area contributed by atoms with E-state index in [9.17, 15) is 9.59 Å². The minimum atomic E-state index is -0.649. The van der Waals surface area contributed by atoms with E-state index < -0.39 is 18.5 Å². The van der Waals surface area contributed by atoms with Gasteiger partial charge < -0.3 is 24.1 Å². The highest BCUT2D eigenvalue weighted by molar-refractivity contribution is 5.96. The summed E-state index contributed by atoms with van der Waals surface area (Å²) in [5, 5.41) is 6.30. The van der Waals surface area contributed by atoms with Gasteiger partial charge in [-0.1, -0.05) is 5.16 Å². The van der Waals surface area contributed by atoms with Gasteiger partial charge in [0.15, 0.2) is 18.1 Å². The van der Waals surface area contributed by atoms with Gasteiger partial charge in [0.05, 0.1) is 5.69 Å². The van der Waals surface area contributed by atoms with Crippen molar-refractivity contribution in [3.63, 3.8) is 0 Å². The summed E-state index contributed by atoms with van der Waals surface area (Å²) in [6.45, 7) is 3.77. The zero-order chi connectivity index (χ0) is 17.1. The molecule has 0 atom stereocenters. The molecule has 0 spiro atoms. The molecule has 0 saturated heterocycles. The Hall–Kier alpha value is -3.03. The van der Waals surface area contributed by atoms with Crippen molar-refractivity contribution in [1.29, 1.82) is 0 Å². The molecular formula is C16H16N2O6. The summed E-state index contributed by atoms with van der Waals surface area (Å²) < 4.78 is 20.7. The Balaban J connectivity index is 1.57. The number of carbonyl (C=O) groups excluding carboxylic acids is 2. The normalized spacial score (nSPS) is 12.6. The first-order valence-corrected chi connectivity index (χ1v) is 7.34.